The molecule has 38 heavy (non-hydrogen) atoms. The van der Waals surface area contributed by atoms with Crippen LogP contribution in [0, 0.1) is 6.92 Å². The molecular weight excluding hydrogens is 490 g/mol. The van der Waals surface area contributed by atoms with Crippen LogP contribution in [0.3, 0.4) is 0 Å². The Hall–Kier alpha value is -4.60. The monoisotopic (exact) mass is 519 g/mol. The number of esters is 1. The van der Waals surface area contributed by atoms with Gasteiger partial charge in [0.15, 0.2) is 0 Å². The molecule has 0 bridgehead atoms. The molecule has 1 fully saturated rings. The summed E-state index contributed by atoms with van der Waals surface area (Å²) in [6, 6.07) is 13.5. The van der Waals surface area contributed by atoms with E-state index in [2.05, 4.69) is 0 Å². The van der Waals surface area contributed by atoms with Gasteiger partial charge in [-0.2, -0.15) is 0 Å². The molecule has 10 nitrogen and oxygen atoms in total. The molecule has 4 rings (SSSR count). The van der Waals surface area contributed by atoms with Crippen molar-refractivity contribution in [2.75, 3.05) is 34.9 Å². The van der Waals surface area contributed by atoms with E-state index in [4.69, 9.17) is 14.2 Å². The molecule has 10 heteroatoms. The minimum absolute atomic E-state index is 0.0914. The molecule has 0 radical (unpaired) electrons. The molecule has 0 saturated carbocycles. The van der Waals surface area contributed by atoms with Crippen molar-refractivity contribution in [2.45, 2.75) is 19.8 Å². The molecule has 0 aliphatic carbocycles. The number of nitrogens with zero attached hydrogens (tertiary/aromatic N) is 3. The number of ether oxygens (including phenoxy) is 3. The molecule has 2 heterocycles. The Bertz CT molecular complexity index is 1380. The van der Waals surface area contributed by atoms with Gasteiger partial charge in [0.2, 0.25) is 11.8 Å². The first kappa shape index (κ1) is 26.5. The van der Waals surface area contributed by atoms with Gasteiger partial charge in [0.1, 0.15) is 17.4 Å². The molecule has 1 saturated heterocycles. The first-order valence-electron chi connectivity index (χ1n) is 12.0. The van der Waals surface area contributed by atoms with Crippen molar-refractivity contribution in [3.8, 4) is 28.4 Å². The SMILES string of the molecule is CCOC(=O)c1c(C2C(=O)N(C)C(=O)N(C)C2=O)c(-c2ccc(OC)cc2)n(-c2ccc(OC)cc2)c1C. The number of carbonyl (C=O) groups is 4. The fourth-order valence-electron chi connectivity index (χ4n) is 4.70. The molecule has 2 aromatic carbocycles. The third-order valence-corrected chi connectivity index (χ3v) is 6.64. The number of urea groups is 1. The molecule has 0 spiro atoms. The lowest BCUT2D eigenvalue weighted by Crippen LogP contribution is -2.56. The van der Waals surface area contributed by atoms with Crippen molar-refractivity contribution >= 4 is 23.8 Å². The Morgan fingerprint density at radius 3 is 1.82 bits per heavy atom. The third kappa shape index (κ3) is 4.27. The summed E-state index contributed by atoms with van der Waals surface area (Å²) in [7, 11) is 5.73. The minimum atomic E-state index is -1.45. The van der Waals surface area contributed by atoms with Crippen LogP contribution in [0.2, 0.25) is 0 Å². The quantitative estimate of drug-likeness (QED) is 0.345. The van der Waals surface area contributed by atoms with Gasteiger partial charge in [-0.3, -0.25) is 19.4 Å². The second kappa shape index (κ2) is 10.4. The van der Waals surface area contributed by atoms with Crippen LogP contribution in [0.25, 0.3) is 16.9 Å². The number of barbiturate groups is 1. The molecule has 1 aliphatic heterocycles. The van der Waals surface area contributed by atoms with Crippen molar-refractivity contribution in [3.05, 3.63) is 65.4 Å². The van der Waals surface area contributed by atoms with Crippen molar-refractivity contribution in [1.29, 1.82) is 0 Å². The van der Waals surface area contributed by atoms with Gasteiger partial charge in [-0.15, -0.1) is 0 Å². The zero-order valence-corrected chi connectivity index (χ0v) is 22.1. The number of rotatable bonds is 7. The maximum absolute atomic E-state index is 13.5. The van der Waals surface area contributed by atoms with Gasteiger partial charge in [0.05, 0.1) is 32.1 Å². The fraction of sp³-hybridized carbons (Fsp3) is 0.286. The number of hydrogen-bond donors (Lipinski definition) is 0. The zero-order valence-electron chi connectivity index (χ0n) is 22.1. The number of aromatic nitrogens is 1. The van der Waals surface area contributed by atoms with E-state index in [9.17, 15) is 19.2 Å². The van der Waals surface area contributed by atoms with Crippen LogP contribution < -0.4 is 9.47 Å². The molecule has 198 valence electrons. The molecule has 0 N–H and O–H groups in total. The lowest BCUT2D eigenvalue weighted by Gasteiger charge is -2.33. The van der Waals surface area contributed by atoms with E-state index in [1.807, 2.05) is 12.1 Å². The first-order valence-corrected chi connectivity index (χ1v) is 12.0. The first-order chi connectivity index (χ1) is 18.2. The van der Waals surface area contributed by atoms with E-state index in [-0.39, 0.29) is 17.7 Å². The highest BCUT2D eigenvalue weighted by molar-refractivity contribution is 6.20. The zero-order chi connectivity index (χ0) is 27.7. The van der Waals surface area contributed by atoms with Crippen molar-refractivity contribution in [3.63, 3.8) is 0 Å². The minimum Gasteiger partial charge on any atom is -0.497 e. The Kier molecular flexibility index (Phi) is 7.25. The van der Waals surface area contributed by atoms with Crippen molar-refractivity contribution < 1.29 is 33.4 Å². The van der Waals surface area contributed by atoms with Gasteiger partial charge in [-0.1, -0.05) is 0 Å². The Morgan fingerprint density at radius 2 is 1.34 bits per heavy atom. The topological polar surface area (TPSA) is 107 Å². The van der Waals surface area contributed by atoms with E-state index < -0.39 is 29.7 Å². The summed E-state index contributed by atoms with van der Waals surface area (Å²) in [5.74, 6) is -2.34. The summed E-state index contributed by atoms with van der Waals surface area (Å²) in [6.45, 7) is 3.49. The maximum Gasteiger partial charge on any atom is 0.340 e. The number of imide groups is 2. The fourth-order valence-corrected chi connectivity index (χ4v) is 4.70. The van der Waals surface area contributed by atoms with Gasteiger partial charge >= 0.3 is 12.0 Å². The molecule has 1 aromatic heterocycles. The number of methoxy groups -OCH3 is 2. The van der Waals surface area contributed by atoms with Gasteiger partial charge in [-0.05, 0) is 67.9 Å². The summed E-state index contributed by atoms with van der Waals surface area (Å²) >= 11 is 0. The Labute approximate surface area is 220 Å². The highest BCUT2D eigenvalue weighted by Crippen LogP contribution is 2.42. The summed E-state index contributed by atoms with van der Waals surface area (Å²) in [5, 5.41) is 0. The van der Waals surface area contributed by atoms with E-state index in [0.717, 1.165) is 9.80 Å². The van der Waals surface area contributed by atoms with Crippen LogP contribution >= 0.6 is 0 Å². The van der Waals surface area contributed by atoms with E-state index in [0.29, 0.717) is 34.1 Å². The van der Waals surface area contributed by atoms with Crippen LogP contribution in [0.15, 0.2) is 48.5 Å². The van der Waals surface area contributed by atoms with Gasteiger partial charge < -0.3 is 18.8 Å². The third-order valence-electron chi connectivity index (χ3n) is 6.64. The number of amides is 4. The summed E-state index contributed by atoms with van der Waals surface area (Å²) in [6.07, 6.45) is 0. The average molecular weight is 520 g/mol. The maximum atomic E-state index is 13.5. The standard InChI is InChI=1S/C28H29N3O7/c1-7-38-27(34)21-16(2)31(18-10-14-20(37-6)15-11-18)24(17-8-12-19(36-5)13-9-17)22(21)23-25(32)29(3)28(35)30(4)26(23)33/h8-15,23H,7H2,1-6H3. The van der Waals surface area contributed by atoms with E-state index >= 15 is 0 Å². The van der Waals surface area contributed by atoms with Crippen LogP contribution in [-0.4, -0.2) is 73.1 Å². The van der Waals surface area contributed by atoms with E-state index in [1.54, 1.807) is 69.0 Å². The second-order valence-electron chi connectivity index (χ2n) is 8.72. The number of hydrogen-bond acceptors (Lipinski definition) is 7. The second-order valence-corrected chi connectivity index (χ2v) is 8.72. The number of likely N-dealkylation sites (N-methyl/N-ethyl adjacent to an activating group) is 2. The number of carbonyl (C=O) groups excluding carboxylic acids is 4. The highest BCUT2D eigenvalue weighted by Gasteiger charge is 2.47. The Morgan fingerprint density at radius 1 is 0.842 bits per heavy atom. The largest absolute Gasteiger partial charge is 0.497 e. The Balaban J connectivity index is 2.12. The molecule has 0 atom stereocenters. The average Bonchev–Trinajstić information content (AvgIpc) is 3.23. The molecule has 0 unspecified atom stereocenters. The van der Waals surface area contributed by atoms with Crippen LogP contribution in [0.5, 0.6) is 11.5 Å². The van der Waals surface area contributed by atoms with Crippen molar-refractivity contribution in [2.24, 2.45) is 0 Å². The summed E-state index contributed by atoms with van der Waals surface area (Å²) < 4.78 is 17.8. The van der Waals surface area contributed by atoms with Gasteiger partial charge in [0.25, 0.3) is 0 Å². The van der Waals surface area contributed by atoms with Gasteiger partial charge in [-0.25, -0.2) is 9.59 Å². The summed E-state index contributed by atoms with van der Waals surface area (Å²) in [4.78, 5) is 54.7. The predicted octanol–water partition coefficient (Wildman–Crippen LogP) is 3.78. The molecular formula is C28H29N3O7. The molecule has 3 aromatic rings. The predicted molar refractivity (Wildman–Crippen MR) is 139 cm³/mol. The normalized spacial score (nSPS) is 14.2. The van der Waals surface area contributed by atoms with E-state index in [1.165, 1.54) is 14.1 Å². The van der Waals surface area contributed by atoms with Crippen LogP contribution in [0.4, 0.5) is 4.79 Å². The van der Waals surface area contributed by atoms with Crippen LogP contribution in [0.1, 0.15) is 34.5 Å². The van der Waals surface area contributed by atoms with Crippen LogP contribution in [-0.2, 0) is 14.3 Å². The van der Waals surface area contributed by atoms with Gasteiger partial charge in [0, 0.05) is 31.0 Å². The number of benzene rings is 2. The molecule has 4 amide bonds. The summed E-state index contributed by atoms with van der Waals surface area (Å²) in [5.41, 5.74) is 2.47. The molecule has 1 aliphatic rings. The lowest BCUT2D eigenvalue weighted by molar-refractivity contribution is -0.143. The lowest BCUT2D eigenvalue weighted by atomic mass is 9.88. The smallest absolute Gasteiger partial charge is 0.340 e. The highest BCUT2D eigenvalue weighted by atomic mass is 16.5. The van der Waals surface area contributed by atoms with Crippen molar-refractivity contribution in [1.82, 2.24) is 14.4 Å².